The van der Waals surface area contributed by atoms with Crippen molar-refractivity contribution in [2.75, 3.05) is 18.5 Å². The minimum absolute atomic E-state index is 0.353. The van der Waals surface area contributed by atoms with Crippen LogP contribution in [-0.4, -0.2) is 28.7 Å². The second-order valence-electron chi connectivity index (χ2n) is 3.81. The lowest BCUT2D eigenvalue weighted by Gasteiger charge is -2.21. The van der Waals surface area contributed by atoms with Crippen LogP contribution >= 0.6 is 0 Å². The molecule has 0 radical (unpaired) electrons. The van der Waals surface area contributed by atoms with Crippen LogP contribution in [0.5, 0.6) is 0 Å². The van der Waals surface area contributed by atoms with Gasteiger partial charge in [-0.3, -0.25) is 0 Å². The average molecular weight is 209 g/mol. The summed E-state index contributed by atoms with van der Waals surface area (Å²) in [5.74, 6) is 0.965. The Balaban J connectivity index is 2.19. The number of carbonyl (C=O) groups is 1. The number of rotatable bonds is 2. The first-order valence-corrected chi connectivity index (χ1v) is 5.19. The number of nitrogens with zero attached hydrogens (tertiary/aromatic N) is 2. The van der Waals surface area contributed by atoms with Gasteiger partial charge in [-0.15, -0.1) is 0 Å². The Hall–Kier alpha value is -1.52. The molecule has 5 nitrogen and oxygen atoms in total. The summed E-state index contributed by atoms with van der Waals surface area (Å²) in [6.07, 6.45) is 1.75. The molecular weight excluding hydrogens is 194 g/mol. The summed E-state index contributed by atoms with van der Waals surface area (Å²) in [5, 5.41) is 3.17. The van der Waals surface area contributed by atoms with Gasteiger partial charge < -0.3 is 14.6 Å². The zero-order valence-corrected chi connectivity index (χ0v) is 8.99. The van der Waals surface area contributed by atoms with Gasteiger partial charge in [0.05, 0.1) is 6.61 Å². The van der Waals surface area contributed by atoms with E-state index in [0.717, 1.165) is 19.0 Å². The van der Waals surface area contributed by atoms with Crippen LogP contribution in [0.15, 0.2) is 6.20 Å². The predicted octanol–water partition coefficient (Wildman–Crippen LogP) is 1.12. The minimum Gasteiger partial charge on any atom is -0.461 e. The van der Waals surface area contributed by atoms with E-state index in [-0.39, 0.29) is 5.97 Å². The van der Waals surface area contributed by atoms with Crippen LogP contribution in [0.3, 0.4) is 0 Å². The largest absolute Gasteiger partial charge is 0.461 e. The number of hydrogen-bond acceptors (Lipinski definition) is 4. The number of esters is 1. The van der Waals surface area contributed by atoms with E-state index in [2.05, 4.69) is 17.2 Å². The van der Waals surface area contributed by atoms with Crippen LogP contribution in [0.25, 0.3) is 0 Å². The van der Waals surface area contributed by atoms with Gasteiger partial charge in [-0.1, -0.05) is 6.92 Å². The Kier molecular flexibility index (Phi) is 2.62. The molecule has 0 aliphatic carbocycles. The molecule has 0 amide bonds. The second-order valence-corrected chi connectivity index (χ2v) is 3.81. The Morgan fingerprint density at radius 2 is 2.60 bits per heavy atom. The molecule has 0 fully saturated rings. The number of nitrogens with one attached hydrogen (secondary N) is 1. The molecule has 1 unspecified atom stereocenters. The minimum atomic E-state index is -0.353. The molecule has 1 aliphatic heterocycles. The SMILES string of the molecule is CCOC(=O)c1cn2c(n1)NCC(C)C2. The van der Waals surface area contributed by atoms with Crippen LogP contribution in [0.1, 0.15) is 24.3 Å². The third kappa shape index (κ3) is 1.95. The molecule has 0 saturated heterocycles. The van der Waals surface area contributed by atoms with Crippen molar-refractivity contribution in [1.82, 2.24) is 9.55 Å². The number of aromatic nitrogens is 2. The molecule has 15 heavy (non-hydrogen) atoms. The van der Waals surface area contributed by atoms with Gasteiger partial charge in [0, 0.05) is 19.3 Å². The number of hydrogen-bond donors (Lipinski definition) is 1. The molecule has 1 atom stereocenters. The van der Waals surface area contributed by atoms with Crippen LogP contribution in [0.2, 0.25) is 0 Å². The lowest BCUT2D eigenvalue weighted by molar-refractivity contribution is 0.0520. The molecular formula is C10H15N3O2. The summed E-state index contributed by atoms with van der Waals surface area (Å²) in [4.78, 5) is 15.6. The molecule has 1 aliphatic rings. The monoisotopic (exact) mass is 209 g/mol. The van der Waals surface area contributed by atoms with E-state index in [1.54, 1.807) is 13.1 Å². The normalized spacial score (nSPS) is 19.2. The lowest BCUT2D eigenvalue weighted by Crippen LogP contribution is -2.24. The maximum atomic E-state index is 11.4. The quantitative estimate of drug-likeness (QED) is 0.742. The number of carbonyl (C=O) groups excluding carboxylic acids is 1. The molecule has 2 rings (SSSR count). The molecule has 1 N–H and O–H groups in total. The van der Waals surface area contributed by atoms with Crippen molar-refractivity contribution in [2.45, 2.75) is 20.4 Å². The van der Waals surface area contributed by atoms with E-state index in [0.29, 0.717) is 18.2 Å². The van der Waals surface area contributed by atoms with Crippen LogP contribution in [0.4, 0.5) is 5.95 Å². The Bertz CT molecular complexity index is 373. The van der Waals surface area contributed by atoms with E-state index in [1.165, 1.54) is 0 Å². The highest BCUT2D eigenvalue weighted by molar-refractivity contribution is 5.87. The second kappa shape index (κ2) is 3.92. The van der Waals surface area contributed by atoms with Crippen molar-refractivity contribution in [3.8, 4) is 0 Å². The summed E-state index contributed by atoms with van der Waals surface area (Å²) in [7, 11) is 0. The first kappa shape index (κ1) is 10.0. The first-order chi connectivity index (χ1) is 7.20. The van der Waals surface area contributed by atoms with E-state index < -0.39 is 0 Å². The Morgan fingerprint density at radius 1 is 1.80 bits per heavy atom. The van der Waals surface area contributed by atoms with Crippen molar-refractivity contribution in [1.29, 1.82) is 0 Å². The van der Waals surface area contributed by atoms with Gasteiger partial charge in [0.1, 0.15) is 0 Å². The van der Waals surface area contributed by atoms with Gasteiger partial charge >= 0.3 is 5.97 Å². The maximum Gasteiger partial charge on any atom is 0.358 e. The summed E-state index contributed by atoms with van der Waals surface area (Å²) < 4.78 is 6.85. The molecule has 2 heterocycles. The van der Waals surface area contributed by atoms with Gasteiger partial charge in [0.25, 0.3) is 0 Å². The molecule has 82 valence electrons. The maximum absolute atomic E-state index is 11.4. The summed E-state index contributed by atoms with van der Waals surface area (Å²) in [6.45, 7) is 6.12. The summed E-state index contributed by atoms with van der Waals surface area (Å²) >= 11 is 0. The van der Waals surface area contributed by atoms with Gasteiger partial charge in [-0.2, -0.15) is 0 Å². The van der Waals surface area contributed by atoms with Crippen molar-refractivity contribution < 1.29 is 9.53 Å². The summed E-state index contributed by atoms with van der Waals surface area (Å²) in [6, 6.07) is 0. The van der Waals surface area contributed by atoms with E-state index in [4.69, 9.17) is 4.74 Å². The summed E-state index contributed by atoms with van der Waals surface area (Å²) in [5.41, 5.74) is 0.383. The highest BCUT2D eigenvalue weighted by Crippen LogP contribution is 2.17. The zero-order valence-electron chi connectivity index (χ0n) is 8.99. The molecule has 0 bridgehead atoms. The fraction of sp³-hybridized carbons (Fsp3) is 0.600. The molecule has 1 aromatic heterocycles. The fourth-order valence-electron chi connectivity index (χ4n) is 1.67. The third-order valence-electron chi connectivity index (χ3n) is 2.38. The zero-order chi connectivity index (χ0) is 10.8. The lowest BCUT2D eigenvalue weighted by atomic mass is 10.1. The predicted molar refractivity (Wildman–Crippen MR) is 55.8 cm³/mol. The van der Waals surface area contributed by atoms with Crippen LogP contribution in [-0.2, 0) is 11.3 Å². The van der Waals surface area contributed by atoms with E-state index in [1.807, 2.05) is 4.57 Å². The van der Waals surface area contributed by atoms with E-state index >= 15 is 0 Å². The van der Waals surface area contributed by atoms with Crippen molar-refractivity contribution in [2.24, 2.45) is 5.92 Å². The topological polar surface area (TPSA) is 56.2 Å². The van der Waals surface area contributed by atoms with Gasteiger partial charge in [-0.05, 0) is 12.8 Å². The van der Waals surface area contributed by atoms with Gasteiger partial charge in [-0.25, -0.2) is 9.78 Å². The standard InChI is InChI=1S/C10H15N3O2/c1-3-15-9(14)8-6-13-5-7(2)4-11-10(13)12-8/h6-7H,3-5H2,1-2H3,(H,11,12). The average Bonchev–Trinajstić information content (AvgIpc) is 2.60. The number of anilines is 1. The first-order valence-electron chi connectivity index (χ1n) is 5.19. The van der Waals surface area contributed by atoms with Crippen LogP contribution in [0, 0.1) is 5.92 Å². The highest BCUT2D eigenvalue weighted by atomic mass is 16.5. The number of imidazole rings is 1. The third-order valence-corrected chi connectivity index (χ3v) is 2.38. The Labute approximate surface area is 88.4 Å². The van der Waals surface area contributed by atoms with Crippen molar-refractivity contribution >= 4 is 11.9 Å². The van der Waals surface area contributed by atoms with E-state index in [9.17, 15) is 4.79 Å². The number of ether oxygens (including phenoxy) is 1. The van der Waals surface area contributed by atoms with Crippen molar-refractivity contribution in [3.05, 3.63) is 11.9 Å². The van der Waals surface area contributed by atoms with Gasteiger partial charge in [0.2, 0.25) is 5.95 Å². The molecule has 0 saturated carbocycles. The number of fused-ring (bicyclic) bond motifs is 1. The molecule has 0 spiro atoms. The fourth-order valence-corrected chi connectivity index (χ4v) is 1.67. The smallest absolute Gasteiger partial charge is 0.358 e. The molecule has 0 aromatic carbocycles. The highest BCUT2D eigenvalue weighted by Gasteiger charge is 2.19. The van der Waals surface area contributed by atoms with Gasteiger partial charge in [0.15, 0.2) is 5.69 Å². The Morgan fingerprint density at radius 3 is 3.33 bits per heavy atom. The molecule has 5 heteroatoms. The van der Waals surface area contributed by atoms with Crippen LogP contribution < -0.4 is 5.32 Å². The van der Waals surface area contributed by atoms with Crippen molar-refractivity contribution in [3.63, 3.8) is 0 Å². The molecule has 1 aromatic rings.